The molecule has 0 unspecified atom stereocenters. The van der Waals surface area contributed by atoms with E-state index in [0.717, 1.165) is 29.6 Å². The van der Waals surface area contributed by atoms with Crippen LogP contribution < -0.4 is 15.5 Å². The molecule has 2 fully saturated rings. The Hall–Kier alpha value is -1.66. The fourth-order valence-electron chi connectivity index (χ4n) is 3.97. The summed E-state index contributed by atoms with van der Waals surface area (Å²) in [5, 5.41) is 9.07. The first-order valence-corrected chi connectivity index (χ1v) is 9.71. The Labute approximate surface area is 146 Å². The lowest BCUT2D eigenvalue weighted by atomic mass is 9.95. The van der Waals surface area contributed by atoms with Gasteiger partial charge in [0.15, 0.2) is 0 Å². The lowest BCUT2D eigenvalue weighted by molar-refractivity contribution is 0.0926. The number of nitrogens with one attached hydrogen (secondary N) is 2. The predicted molar refractivity (Wildman–Crippen MR) is 99.0 cm³/mol. The monoisotopic (exact) mass is 344 g/mol. The minimum Gasteiger partial charge on any atom is -0.364 e. The molecule has 24 heavy (non-hydrogen) atoms. The highest BCUT2D eigenvalue weighted by Crippen LogP contribution is 2.32. The Morgan fingerprint density at radius 1 is 1.38 bits per heavy atom. The molecule has 0 saturated carbocycles. The second-order valence-corrected chi connectivity index (χ2v) is 7.79. The maximum Gasteiger partial charge on any atom is 0.270 e. The fourth-order valence-corrected chi connectivity index (χ4v) is 5.11. The van der Waals surface area contributed by atoms with Gasteiger partial charge in [0.05, 0.1) is 9.70 Å². The number of thiophene rings is 1. The molecule has 2 aliphatic heterocycles. The summed E-state index contributed by atoms with van der Waals surface area (Å²) in [6.07, 6.45) is 5.29. The van der Waals surface area contributed by atoms with Gasteiger partial charge in [-0.15, -0.1) is 11.3 Å². The number of hydrogen-bond donors (Lipinski definition) is 2. The van der Waals surface area contributed by atoms with Crippen molar-refractivity contribution in [2.24, 2.45) is 0 Å². The molecule has 0 spiro atoms. The number of carbonyl (C=O) groups excluding carboxylic acids is 1. The summed E-state index contributed by atoms with van der Waals surface area (Å²) < 4.78 is 1.13. The van der Waals surface area contributed by atoms with Gasteiger partial charge in [-0.3, -0.25) is 4.79 Å². The molecule has 0 radical (unpaired) electrons. The largest absolute Gasteiger partial charge is 0.364 e. The smallest absolute Gasteiger partial charge is 0.270 e. The fraction of sp³-hybridized carbons (Fsp3) is 0.556. The van der Waals surface area contributed by atoms with E-state index in [0.29, 0.717) is 17.8 Å². The molecule has 0 aromatic carbocycles. The second-order valence-electron chi connectivity index (χ2n) is 6.73. The Morgan fingerprint density at radius 2 is 2.21 bits per heavy atom. The quantitative estimate of drug-likeness (QED) is 0.876. The summed E-state index contributed by atoms with van der Waals surface area (Å²) in [6.45, 7) is 6.30. The van der Waals surface area contributed by atoms with Gasteiger partial charge in [-0.2, -0.15) is 0 Å². The zero-order valence-corrected chi connectivity index (χ0v) is 15.0. The zero-order valence-electron chi connectivity index (χ0n) is 14.2. The summed E-state index contributed by atoms with van der Waals surface area (Å²) in [5.41, 5.74) is 0.522. The van der Waals surface area contributed by atoms with Gasteiger partial charge in [-0.05, 0) is 50.6 Å². The van der Waals surface area contributed by atoms with Gasteiger partial charge in [-0.25, -0.2) is 4.98 Å². The number of amides is 1. The first-order chi connectivity index (χ1) is 11.7. The van der Waals surface area contributed by atoms with E-state index in [1.807, 2.05) is 12.3 Å². The highest BCUT2D eigenvalue weighted by molar-refractivity contribution is 7.22. The molecular weight excluding hydrogens is 320 g/mol. The number of hydrogen-bond acceptors (Lipinski definition) is 5. The van der Waals surface area contributed by atoms with E-state index in [9.17, 15) is 4.79 Å². The standard InChI is InChI=1S/C18H24N4OS/c1-3-22(4-2)17-8-11-7-15(19-10-16(11)24-17)18(23)21-14-9-12-5-6-13(14)20-12/h7-8,10,12-14,20H,3-6,9H2,1-2H3,(H,21,23)/t12-,13+,14-/m1/s1. The molecule has 0 aliphatic carbocycles. The number of nitrogens with zero attached hydrogens (tertiary/aromatic N) is 2. The molecule has 2 aromatic heterocycles. The van der Waals surface area contributed by atoms with E-state index >= 15 is 0 Å². The summed E-state index contributed by atoms with van der Waals surface area (Å²) in [4.78, 5) is 19.3. The van der Waals surface area contributed by atoms with E-state index in [1.165, 1.54) is 17.8 Å². The van der Waals surface area contributed by atoms with Crippen molar-refractivity contribution in [3.8, 4) is 0 Å². The lowest BCUT2D eigenvalue weighted by Crippen LogP contribution is -2.43. The number of pyridine rings is 1. The third kappa shape index (κ3) is 2.78. The molecule has 2 aromatic rings. The average molecular weight is 344 g/mol. The molecule has 2 bridgehead atoms. The highest BCUT2D eigenvalue weighted by Gasteiger charge is 2.39. The first-order valence-electron chi connectivity index (χ1n) is 8.89. The van der Waals surface area contributed by atoms with Crippen LogP contribution in [-0.4, -0.2) is 42.1 Å². The van der Waals surface area contributed by atoms with Gasteiger partial charge in [0, 0.05) is 37.4 Å². The third-order valence-corrected chi connectivity index (χ3v) is 6.46. The zero-order chi connectivity index (χ0) is 16.7. The van der Waals surface area contributed by atoms with Crippen LogP contribution in [-0.2, 0) is 0 Å². The Balaban J connectivity index is 1.52. The molecule has 2 aliphatic rings. The number of carbonyl (C=O) groups is 1. The van der Waals surface area contributed by atoms with Crippen LogP contribution in [0.5, 0.6) is 0 Å². The van der Waals surface area contributed by atoms with Crippen LogP contribution in [0.15, 0.2) is 18.3 Å². The molecule has 128 valence electrons. The normalized spacial score (nSPS) is 25.3. The molecule has 3 atom stereocenters. The summed E-state index contributed by atoms with van der Waals surface area (Å²) in [5.74, 6) is -0.0492. The van der Waals surface area contributed by atoms with Crippen molar-refractivity contribution in [1.29, 1.82) is 0 Å². The van der Waals surface area contributed by atoms with E-state index in [4.69, 9.17) is 0 Å². The SMILES string of the molecule is CCN(CC)c1cc2cc(C(=O)N[C@@H]3C[C@H]4CC[C@@H]3N4)ncc2s1. The summed E-state index contributed by atoms with van der Waals surface area (Å²) in [7, 11) is 0. The number of anilines is 1. The van der Waals surface area contributed by atoms with Crippen molar-refractivity contribution in [3.63, 3.8) is 0 Å². The minimum absolute atomic E-state index is 0.0492. The summed E-state index contributed by atoms with van der Waals surface area (Å²) in [6, 6.07) is 5.38. The van der Waals surface area contributed by atoms with Crippen molar-refractivity contribution < 1.29 is 4.79 Å². The molecule has 6 heteroatoms. The number of aromatic nitrogens is 1. The van der Waals surface area contributed by atoms with Crippen molar-refractivity contribution >= 4 is 32.3 Å². The Kier molecular flexibility index (Phi) is 4.18. The molecule has 2 N–H and O–H groups in total. The van der Waals surface area contributed by atoms with E-state index in [1.54, 1.807) is 11.3 Å². The number of rotatable bonds is 5. The van der Waals surface area contributed by atoms with Crippen molar-refractivity contribution in [2.75, 3.05) is 18.0 Å². The third-order valence-electron chi connectivity index (χ3n) is 5.32. The van der Waals surface area contributed by atoms with Crippen molar-refractivity contribution in [2.45, 2.75) is 51.2 Å². The van der Waals surface area contributed by atoms with E-state index in [-0.39, 0.29) is 11.9 Å². The van der Waals surface area contributed by atoms with Gasteiger partial charge < -0.3 is 15.5 Å². The van der Waals surface area contributed by atoms with Crippen molar-refractivity contribution in [1.82, 2.24) is 15.6 Å². The number of fused-ring (bicyclic) bond motifs is 3. The molecule has 4 rings (SSSR count). The lowest BCUT2D eigenvalue weighted by Gasteiger charge is -2.21. The predicted octanol–water partition coefficient (Wildman–Crippen LogP) is 2.77. The van der Waals surface area contributed by atoms with Crippen LogP contribution in [0.4, 0.5) is 5.00 Å². The maximum atomic E-state index is 12.6. The minimum atomic E-state index is -0.0492. The van der Waals surface area contributed by atoms with E-state index in [2.05, 4.69) is 40.4 Å². The molecule has 5 nitrogen and oxygen atoms in total. The van der Waals surface area contributed by atoms with Gasteiger partial charge >= 0.3 is 0 Å². The molecular formula is C18H24N4OS. The van der Waals surface area contributed by atoms with Crippen LogP contribution in [0.2, 0.25) is 0 Å². The van der Waals surface area contributed by atoms with Gasteiger partial charge in [-0.1, -0.05) is 0 Å². The van der Waals surface area contributed by atoms with E-state index < -0.39 is 0 Å². The van der Waals surface area contributed by atoms with Gasteiger partial charge in [0.1, 0.15) is 5.69 Å². The van der Waals surface area contributed by atoms with Crippen LogP contribution in [0.3, 0.4) is 0 Å². The van der Waals surface area contributed by atoms with Crippen LogP contribution in [0, 0.1) is 0 Å². The van der Waals surface area contributed by atoms with Crippen LogP contribution in [0.1, 0.15) is 43.6 Å². The van der Waals surface area contributed by atoms with Crippen molar-refractivity contribution in [3.05, 3.63) is 24.0 Å². The van der Waals surface area contributed by atoms with Gasteiger partial charge in [0.2, 0.25) is 0 Å². The van der Waals surface area contributed by atoms with Crippen LogP contribution in [0.25, 0.3) is 10.1 Å². The molecule has 1 amide bonds. The topological polar surface area (TPSA) is 57.3 Å². The Bertz CT molecular complexity index is 755. The Morgan fingerprint density at radius 3 is 2.88 bits per heavy atom. The first kappa shape index (κ1) is 15.8. The highest BCUT2D eigenvalue weighted by atomic mass is 32.1. The van der Waals surface area contributed by atoms with Gasteiger partial charge in [0.25, 0.3) is 5.91 Å². The average Bonchev–Trinajstić information content (AvgIpc) is 3.30. The summed E-state index contributed by atoms with van der Waals surface area (Å²) >= 11 is 1.74. The second kappa shape index (κ2) is 6.33. The molecule has 4 heterocycles. The van der Waals surface area contributed by atoms with Crippen LogP contribution >= 0.6 is 11.3 Å². The maximum absolute atomic E-state index is 12.6. The molecule has 2 saturated heterocycles.